The molecule has 0 radical (unpaired) electrons. The molecule has 2 aliphatic heterocycles. The van der Waals surface area contributed by atoms with Crippen LogP contribution in [0.25, 0.3) is 6.08 Å². The highest BCUT2D eigenvalue weighted by molar-refractivity contribution is 5.71. The first-order valence-corrected chi connectivity index (χ1v) is 11.2. The van der Waals surface area contributed by atoms with Gasteiger partial charge >= 0.3 is 0 Å². The lowest BCUT2D eigenvalue weighted by Crippen LogP contribution is -2.31. The summed E-state index contributed by atoms with van der Waals surface area (Å²) in [5.41, 5.74) is 7.86. The van der Waals surface area contributed by atoms with E-state index in [9.17, 15) is 0 Å². The fourth-order valence-corrected chi connectivity index (χ4v) is 4.39. The van der Waals surface area contributed by atoms with Crippen molar-refractivity contribution >= 4 is 11.9 Å². The number of nitrogens with one attached hydrogen (secondary N) is 1. The zero-order valence-corrected chi connectivity index (χ0v) is 17.7. The standard InChI is InChI=1S/C26H33N3/c1-3-7-21-10-12-24-19-29(17-15-23(24)18-21)16-6-4-5-8-25-14-13-22-11-9-20(2)27-26(22)28-25/h9-14,18H,2-8,15-17,19H2,1H3,(H,27,28). The maximum absolute atomic E-state index is 4.76. The number of nitrogens with zero attached hydrogens (tertiary/aromatic N) is 2. The number of allylic oxidation sites excluding steroid dienone is 1. The largest absolute Gasteiger partial charge is 0.340 e. The Kier molecular flexibility index (Phi) is 6.46. The van der Waals surface area contributed by atoms with Crippen molar-refractivity contribution in [3.8, 4) is 0 Å². The average molecular weight is 388 g/mol. The lowest BCUT2D eigenvalue weighted by Gasteiger charge is -2.29. The Morgan fingerprint density at radius 3 is 2.86 bits per heavy atom. The van der Waals surface area contributed by atoms with E-state index in [-0.39, 0.29) is 0 Å². The van der Waals surface area contributed by atoms with Crippen molar-refractivity contribution in [3.05, 3.63) is 76.6 Å². The molecular weight excluding hydrogens is 354 g/mol. The van der Waals surface area contributed by atoms with Gasteiger partial charge in [0.2, 0.25) is 0 Å². The first-order chi connectivity index (χ1) is 14.2. The highest BCUT2D eigenvalue weighted by Gasteiger charge is 2.16. The molecule has 0 atom stereocenters. The molecule has 0 fully saturated rings. The lowest BCUT2D eigenvalue weighted by atomic mass is 9.95. The summed E-state index contributed by atoms with van der Waals surface area (Å²) in [4.78, 5) is 7.39. The summed E-state index contributed by atoms with van der Waals surface area (Å²) in [5.74, 6) is 0.948. The Morgan fingerprint density at radius 1 is 1.03 bits per heavy atom. The smallest absolute Gasteiger partial charge is 0.137 e. The van der Waals surface area contributed by atoms with Crippen LogP contribution in [0.1, 0.15) is 60.6 Å². The molecule has 1 aromatic carbocycles. The molecule has 0 bridgehead atoms. The highest BCUT2D eigenvalue weighted by atomic mass is 15.1. The summed E-state index contributed by atoms with van der Waals surface area (Å²) in [7, 11) is 0. The van der Waals surface area contributed by atoms with Crippen molar-refractivity contribution in [3.63, 3.8) is 0 Å². The summed E-state index contributed by atoms with van der Waals surface area (Å²) < 4.78 is 0. The normalized spacial score (nSPS) is 15.7. The maximum Gasteiger partial charge on any atom is 0.137 e. The van der Waals surface area contributed by atoms with Crippen LogP contribution >= 0.6 is 0 Å². The zero-order valence-electron chi connectivity index (χ0n) is 17.7. The lowest BCUT2D eigenvalue weighted by molar-refractivity contribution is 0.248. The third-order valence-corrected chi connectivity index (χ3v) is 6.04. The van der Waals surface area contributed by atoms with E-state index in [1.807, 2.05) is 6.08 Å². The third-order valence-electron chi connectivity index (χ3n) is 6.04. The van der Waals surface area contributed by atoms with E-state index < -0.39 is 0 Å². The second-order valence-corrected chi connectivity index (χ2v) is 8.41. The number of aromatic nitrogens is 1. The molecule has 0 spiro atoms. The minimum atomic E-state index is 0.909. The Morgan fingerprint density at radius 2 is 1.97 bits per heavy atom. The molecule has 29 heavy (non-hydrogen) atoms. The molecule has 1 N–H and O–H groups in total. The van der Waals surface area contributed by atoms with Crippen LogP contribution < -0.4 is 5.32 Å². The van der Waals surface area contributed by atoms with Crippen LogP contribution in [-0.4, -0.2) is 23.0 Å². The summed E-state index contributed by atoms with van der Waals surface area (Å²) in [5, 5.41) is 3.26. The minimum absolute atomic E-state index is 0.909. The Labute approximate surface area is 175 Å². The van der Waals surface area contributed by atoms with Gasteiger partial charge in [-0.1, -0.05) is 44.5 Å². The van der Waals surface area contributed by atoms with Crippen molar-refractivity contribution in [2.24, 2.45) is 0 Å². The van der Waals surface area contributed by atoms with Crippen molar-refractivity contribution in [1.29, 1.82) is 0 Å². The van der Waals surface area contributed by atoms with E-state index in [4.69, 9.17) is 4.98 Å². The number of aryl methyl sites for hydroxylation is 2. The average Bonchev–Trinajstić information content (AvgIpc) is 2.73. The van der Waals surface area contributed by atoms with Gasteiger partial charge in [0.05, 0.1) is 0 Å². The molecule has 2 aliphatic rings. The highest BCUT2D eigenvalue weighted by Crippen LogP contribution is 2.23. The molecule has 3 heteroatoms. The topological polar surface area (TPSA) is 28.2 Å². The Balaban J connectivity index is 1.19. The number of hydrogen-bond acceptors (Lipinski definition) is 3. The first kappa shape index (κ1) is 19.9. The van der Waals surface area contributed by atoms with Gasteiger partial charge in [-0.2, -0.15) is 0 Å². The van der Waals surface area contributed by atoms with E-state index in [0.29, 0.717) is 0 Å². The monoisotopic (exact) mass is 387 g/mol. The van der Waals surface area contributed by atoms with Gasteiger partial charge in [0.15, 0.2) is 0 Å². The van der Waals surface area contributed by atoms with E-state index in [2.05, 4.69) is 60.1 Å². The second kappa shape index (κ2) is 9.41. The number of fused-ring (bicyclic) bond motifs is 2. The molecule has 0 saturated heterocycles. The fourth-order valence-electron chi connectivity index (χ4n) is 4.39. The first-order valence-electron chi connectivity index (χ1n) is 11.2. The van der Waals surface area contributed by atoms with E-state index in [1.165, 1.54) is 68.4 Å². The second-order valence-electron chi connectivity index (χ2n) is 8.41. The van der Waals surface area contributed by atoms with Crippen LogP contribution in [0, 0.1) is 0 Å². The van der Waals surface area contributed by atoms with Crippen molar-refractivity contribution < 1.29 is 0 Å². The number of anilines is 1. The van der Waals surface area contributed by atoms with Crippen molar-refractivity contribution in [1.82, 2.24) is 9.88 Å². The molecule has 0 aliphatic carbocycles. The number of unbranched alkanes of at least 4 members (excludes halogenated alkanes) is 2. The van der Waals surface area contributed by atoms with Crippen LogP contribution in [0.4, 0.5) is 5.82 Å². The third kappa shape index (κ3) is 5.16. The van der Waals surface area contributed by atoms with Gasteiger partial charge in [0, 0.05) is 30.0 Å². The summed E-state index contributed by atoms with van der Waals surface area (Å²) >= 11 is 0. The molecular formula is C26H33N3. The van der Waals surface area contributed by atoms with Gasteiger partial charge in [-0.05, 0) is 79.6 Å². The van der Waals surface area contributed by atoms with Gasteiger partial charge < -0.3 is 5.32 Å². The molecule has 0 saturated carbocycles. The van der Waals surface area contributed by atoms with Crippen molar-refractivity contribution in [2.45, 2.75) is 58.4 Å². The quantitative estimate of drug-likeness (QED) is 0.584. The minimum Gasteiger partial charge on any atom is -0.340 e. The van der Waals surface area contributed by atoms with Gasteiger partial charge in [-0.3, -0.25) is 4.90 Å². The van der Waals surface area contributed by atoms with E-state index >= 15 is 0 Å². The summed E-state index contributed by atoms with van der Waals surface area (Å²) in [6, 6.07) is 11.5. The Hall–Kier alpha value is -2.39. The van der Waals surface area contributed by atoms with Gasteiger partial charge in [0.1, 0.15) is 5.82 Å². The molecule has 0 amide bonds. The van der Waals surface area contributed by atoms with Crippen LogP contribution in [0.5, 0.6) is 0 Å². The van der Waals surface area contributed by atoms with E-state index in [1.54, 1.807) is 5.56 Å². The maximum atomic E-state index is 4.76. The summed E-state index contributed by atoms with van der Waals surface area (Å²) in [6.07, 6.45) is 12.5. The molecule has 0 unspecified atom stereocenters. The van der Waals surface area contributed by atoms with Gasteiger partial charge in [-0.25, -0.2) is 4.98 Å². The molecule has 2 aromatic rings. The molecule has 3 nitrogen and oxygen atoms in total. The predicted octanol–water partition coefficient (Wildman–Crippen LogP) is 5.76. The SMILES string of the molecule is C=C1C=Cc2ccc(CCCCCN3CCc4cc(CCC)ccc4C3)nc2N1. The predicted molar refractivity (Wildman–Crippen MR) is 123 cm³/mol. The molecule has 152 valence electrons. The van der Waals surface area contributed by atoms with Crippen molar-refractivity contribution in [2.75, 3.05) is 18.4 Å². The molecule has 3 heterocycles. The Bertz CT molecular complexity index is 897. The van der Waals surface area contributed by atoms with Crippen LogP contribution in [0.15, 0.2) is 48.7 Å². The van der Waals surface area contributed by atoms with Crippen LogP contribution in [-0.2, 0) is 25.8 Å². The fraction of sp³-hybridized carbons (Fsp3) is 0.423. The zero-order chi connectivity index (χ0) is 20.1. The number of hydrogen-bond donors (Lipinski definition) is 1. The van der Waals surface area contributed by atoms with Crippen LogP contribution in [0.2, 0.25) is 0 Å². The van der Waals surface area contributed by atoms with Crippen LogP contribution in [0.3, 0.4) is 0 Å². The summed E-state index contributed by atoms with van der Waals surface area (Å²) in [6.45, 7) is 9.75. The number of rotatable bonds is 8. The molecule has 1 aromatic heterocycles. The number of pyridine rings is 1. The number of benzene rings is 1. The van der Waals surface area contributed by atoms with E-state index in [0.717, 1.165) is 30.0 Å². The van der Waals surface area contributed by atoms with Gasteiger partial charge in [0.25, 0.3) is 0 Å². The van der Waals surface area contributed by atoms with Gasteiger partial charge in [-0.15, -0.1) is 0 Å². The molecule has 4 rings (SSSR count).